The minimum absolute atomic E-state index is 0.833. The average Bonchev–Trinajstić information content (AvgIpc) is 2.20. The van der Waals surface area contributed by atoms with Gasteiger partial charge in [-0.25, -0.2) is 0 Å². The Kier molecular flexibility index (Phi) is 2.48. The van der Waals surface area contributed by atoms with Crippen LogP contribution in [0.5, 0.6) is 0 Å². The van der Waals surface area contributed by atoms with Gasteiger partial charge in [0.1, 0.15) is 0 Å². The molecule has 0 radical (unpaired) electrons. The maximum atomic E-state index is 5.49. The first kappa shape index (κ1) is 9.64. The van der Waals surface area contributed by atoms with Gasteiger partial charge in [0.25, 0.3) is 0 Å². The Bertz CT molecular complexity index is 221. The molecule has 0 bridgehead atoms. The SMILES string of the molecule is CCC(C)C1CC2C(C)CC(=S)C12. The summed E-state index contributed by atoms with van der Waals surface area (Å²) in [4.78, 5) is 1.40. The monoisotopic (exact) mass is 196 g/mol. The van der Waals surface area contributed by atoms with Gasteiger partial charge >= 0.3 is 0 Å². The first-order chi connectivity index (χ1) is 6.15. The average molecular weight is 196 g/mol. The van der Waals surface area contributed by atoms with Crippen molar-refractivity contribution in [3.05, 3.63) is 0 Å². The van der Waals surface area contributed by atoms with Crippen LogP contribution < -0.4 is 0 Å². The van der Waals surface area contributed by atoms with Crippen molar-refractivity contribution in [3.8, 4) is 0 Å². The molecule has 2 saturated carbocycles. The fourth-order valence-electron chi connectivity index (χ4n) is 3.29. The predicted molar refractivity (Wildman–Crippen MR) is 60.9 cm³/mol. The number of hydrogen-bond acceptors (Lipinski definition) is 1. The second-order valence-electron chi connectivity index (χ2n) is 5.12. The van der Waals surface area contributed by atoms with E-state index >= 15 is 0 Å². The van der Waals surface area contributed by atoms with Crippen molar-refractivity contribution in [1.82, 2.24) is 0 Å². The molecule has 2 rings (SSSR count). The summed E-state index contributed by atoms with van der Waals surface area (Å²) < 4.78 is 0. The molecule has 0 heterocycles. The third kappa shape index (κ3) is 1.36. The molecule has 0 aromatic rings. The molecule has 5 atom stereocenters. The third-order valence-electron chi connectivity index (χ3n) is 4.47. The van der Waals surface area contributed by atoms with E-state index in [9.17, 15) is 0 Å². The highest BCUT2D eigenvalue weighted by Gasteiger charge is 2.51. The van der Waals surface area contributed by atoms with Crippen molar-refractivity contribution in [1.29, 1.82) is 0 Å². The lowest BCUT2D eigenvalue weighted by atomic mass is 9.60. The molecule has 0 nitrogen and oxygen atoms in total. The molecule has 74 valence electrons. The fraction of sp³-hybridized carbons (Fsp3) is 0.917. The molecular formula is C12H20S. The van der Waals surface area contributed by atoms with Crippen molar-refractivity contribution in [2.75, 3.05) is 0 Å². The van der Waals surface area contributed by atoms with E-state index in [1.54, 1.807) is 0 Å². The molecule has 1 heteroatoms. The minimum atomic E-state index is 0.833. The molecule has 0 aromatic carbocycles. The highest BCUT2D eigenvalue weighted by atomic mass is 32.1. The Labute approximate surface area is 87.1 Å². The van der Waals surface area contributed by atoms with E-state index in [1.165, 1.54) is 24.1 Å². The number of rotatable bonds is 2. The molecule has 2 fully saturated rings. The van der Waals surface area contributed by atoms with Crippen LogP contribution in [0.1, 0.15) is 40.0 Å². The van der Waals surface area contributed by atoms with Crippen LogP contribution in [0.2, 0.25) is 0 Å². The molecule has 0 spiro atoms. The first-order valence-corrected chi connectivity index (χ1v) is 6.08. The Balaban J connectivity index is 2.04. The van der Waals surface area contributed by atoms with Gasteiger partial charge in [-0.3, -0.25) is 0 Å². The maximum absolute atomic E-state index is 5.49. The van der Waals surface area contributed by atoms with Crippen LogP contribution in [-0.2, 0) is 0 Å². The zero-order valence-corrected chi connectivity index (χ0v) is 9.73. The van der Waals surface area contributed by atoms with Crippen LogP contribution in [0.15, 0.2) is 0 Å². The maximum Gasteiger partial charge on any atom is -0.00321 e. The smallest absolute Gasteiger partial charge is 0.00321 e. The van der Waals surface area contributed by atoms with Gasteiger partial charge in [-0.1, -0.05) is 39.4 Å². The Morgan fingerprint density at radius 1 is 1.54 bits per heavy atom. The lowest BCUT2D eigenvalue weighted by Gasteiger charge is -2.45. The molecular weight excluding hydrogens is 176 g/mol. The lowest BCUT2D eigenvalue weighted by Crippen LogP contribution is -2.41. The van der Waals surface area contributed by atoms with E-state index in [-0.39, 0.29) is 0 Å². The number of fused-ring (bicyclic) bond motifs is 1. The molecule has 2 aliphatic rings. The zero-order chi connectivity index (χ0) is 9.59. The van der Waals surface area contributed by atoms with Gasteiger partial charge in [0, 0.05) is 0 Å². The van der Waals surface area contributed by atoms with Crippen LogP contribution in [-0.4, -0.2) is 4.86 Å². The van der Waals surface area contributed by atoms with Crippen molar-refractivity contribution < 1.29 is 0 Å². The Morgan fingerprint density at radius 2 is 2.23 bits per heavy atom. The first-order valence-electron chi connectivity index (χ1n) is 5.67. The highest BCUT2D eigenvalue weighted by Crippen LogP contribution is 2.55. The largest absolute Gasteiger partial charge is 0.0894 e. The third-order valence-corrected chi connectivity index (χ3v) is 4.91. The van der Waals surface area contributed by atoms with Crippen molar-refractivity contribution in [2.24, 2.45) is 29.6 Å². The molecule has 0 amide bonds. The number of thiocarbonyl (C=S) groups is 1. The Hall–Kier alpha value is 0.0900. The van der Waals surface area contributed by atoms with E-state index in [2.05, 4.69) is 20.8 Å². The second kappa shape index (κ2) is 3.34. The van der Waals surface area contributed by atoms with Crippen LogP contribution in [0.4, 0.5) is 0 Å². The highest BCUT2D eigenvalue weighted by molar-refractivity contribution is 7.80. The quantitative estimate of drug-likeness (QED) is 0.607. The van der Waals surface area contributed by atoms with Crippen LogP contribution >= 0.6 is 12.2 Å². The van der Waals surface area contributed by atoms with E-state index in [0.717, 1.165) is 29.6 Å². The molecule has 0 aliphatic heterocycles. The predicted octanol–water partition coefficient (Wildman–Crippen LogP) is 3.69. The van der Waals surface area contributed by atoms with Gasteiger partial charge < -0.3 is 0 Å². The molecule has 0 N–H and O–H groups in total. The standard InChI is InChI=1S/C12H20S/c1-4-7(2)9-6-10-8(3)5-11(13)12(9)10/h7-10,12H,4-6H2,1-3H3. The van der Waals surface area contributed by atoms with Crippen molar-refractivity contribution >= 4 is 17.1 Å². The van der Waals surface area contributed by atoms with E-state index in [4.69, 9.17) is 12.2 Å². The minimum Gasteiger partial charge on any atom is -0.0894 e. The summed E-state index contributed by atoms with van der Waals surface area (Å²) in [7, 11) is 0. The summed E-state index contributed by atoms with van der Waals surface area (Å²) in [6, 6.07) is 0. The zero-order valence-electron chi connectivity index (χ0n) is 8.92. The van der Waals surface area contributed by atoms with E-state index < -0.39 is 0 Å². The summed E-state index contributed by atoms with van der Waals surface area (Å²) >= 11 is 5.49. The number of hydrogen-bond donors (Lipinski definition) is 0. The summed E-state index contributed by atoms with van der Waals surface area (Å²) in [6.45, 7) is 7.08. The summed E-state index contributed by atoms with van der Waals surface area (Å²) in [6.07, 6.45) is 4.02. The summed E-state index contributed by atoms with van der Waals surface area (Å²) in [5.41, 5.74) is 0. The molecule has 13 heavy (non-hydrogen) atoms. The summed E-state index contributed by atoms with van der Waals surface area (Å²) in [5.74, 6) is 4.52. The molecule has 0 aromatic heterocycles. The fourth-order valence-corrected chi connectivity index (χ4v) is 3.90. The molecule has 2 aliphatic carbocycles. The topological polar surface area (TPSA) is 0 Å². The summed E-state index contributed by atoms with van der Waals surface area (Å²) in [5, 5.41) is 0. The van der Waals surface area contributed by atoms with Crippen LogP contribution in [0, 0.1) is 29.6 Å². The van der Waals surface area contributed by atoms with Crippen molar-refractivity contribution in [2.45, 2.75) is 40.0 Å². The van der Waals surface area contributed by atoms with Gasteiger partial charge in [-0.2, -0.15) is 0 Å². The van der Waals surface area contributed by atoms with Crippen LogP contribution in [0.3, 0.4) is 0 Å². The van der Waals surface area contributed by atoms with Gasteiger partial charge in [-0.05, 0) is 47.3 Å². The molecule has 0 saturated heterocycles. The van der Waals surface area contributed by atoms with Gasteiger partial charge in [0.2, 0.25) is 0 Å². The lowest BCUT2D eigenvalue weighted by molar-refractivity contribution is 0.0643. The van der Waals surface area contributed by atoms with E-state index in [1.807, 2.05) is 0 Å². The van der Waals surface area contributed by atoms with Gasteiger partial charge in [0.05, 0.1) is 0 Å². The molecule has 5 unspecified atom stereocenters. The van der Waals surface area contributed by atoms with Gasteiger partial charge in [-0.15, -0.1) is 0 Å². The van der Waals surface area contributed by atoms with Gasteiger partial charge in [0.15, 0.2) is 0 Å². The second-order valence-corrected chi connectivity index (χ2v) is 5.65. The van der Waals surface area contributed by atoms with Crippen LogP contribution in [0.25, 0.3) is 0 Å². The van der Waals surface area contributed by atoms with Crippen molar-refractivity contribution in [3.63, 3.8) is 0 Å². The van der Waals surface area contributed by atoms with E-state index in [0.29, 0.717) is 0 Å². The normalized spacial score (nSPS) is 45.6. The Morgan fingerprint density at radius 3 is 2.77 bits per heavy atom.